The van der Waals surface area contributed by atoms with Crippen molar-refractivity contribution in [1.82, 2.24) is 0 Å². The lowest BCUT2D eigenvalue weighted by atomic mass is 10.2. The number of para-hydroxylation sites is 2. The van der Waals surface area contributed by atoms with Crippen LogP contribution >= 0.6 is 0 Å². The predicted molar refractivity (Wildman–Crippen MR) is 94.2 cm³/mol. The highest BCUT2D eigenvalue weighted by atomic mass is 19.3. The quantitative estimate of drug-likeness (QED) is 0.705. The summed E-state index contributed by atoms with van der Waals surface area (Å²) in [6.45, 7) is 0.722. The molecule has 0 heterocycles. The molecule has 0 aliphatic rings. The monoisotopic (exact) mass is 379 g/mol. The third kappa shape index (κ3) is 5.95. The maximum Gasteiger partial charge on any atom is 0.387 e. The maximum absolute atomic E-state index is 12.3. The van der Waals surface area contributed by atoms with E-state index in [2.05, 4.69) is 10.1 Å². The molecule has 2 aromatic carbocycles. The normalized spacial score (nSPS) is 11.6. The van der Waals surface area contributed by atoms with E-state index in [-0.39, 0.29) is 11.3 Å². The second kappa shape index (κ2) is 9.51. The van der Waals surface area contributed by atoms with Crippen molar-refractivity contribution in [3.8, 4) is 11.5 Å². The average Bonchev–Trinajstić information content (AvgIpc) is 2.63. The molecule has 0 fully saturated rings. The number of amides is 1. The van der Waals surface area contributed by atoms with Gasteiger partial charge < -0.3 is 19.5 Å². The highest BCUT2D eigenvalue weighted by Gasteiger charge is 2.20. The van der Waals surface area contributed by atoms with Gasteiger partial charge in [-0.05, 0) is 50.2 Å². The fraction of sp³-hybridized carbons (Fsp3) is 0.263. The van der Waals surface area contributed by atoms with Crippen LogP contribution in [0.15, 0.2) is 48.5 Å². The van der Waals surface area contributed by atoms with Gasteiger partial charge in [-0.1, -0.05) is 12.1 Å². The fourth-order valence-corrected chi connectivity index (χ4v) is 2.14. The molecule has 144 valence electrons. The molecular formula is C19H19F2NO5. The summed E-state index contributed by atoms with van der Waals surface area (Å²) in [6, 6.07) is 11.9. The van der Waals surface area contributed by atoms with Crippen molar-refractivity contribution in [2.45, 2.75) is 26.6 Å². The van der Waals surface area contributed by atoms with E-state index < -0.39 is 24.6 Å². The van der Waals surface area contributed by atoms with E-state index in [0.29, 0.717) is 18.0 Å². The van der Waals surface area contributed by atoms with Crippen LogP contribution in [0.2, 0.25) is 0 Å². The lowest BCUT2D eigenvalue weighted by Gasteiger charge is -2.15. The lowest BCUT2D eigenvalue weighted by molar-refractivity contribution is -0.123. The summed E-state index contributed by atoms with van der Waals surface area (Å²) in [5.74, 6) is -0.881. The summed E-state index contributed by atoms with van der Waals surface area (Å²) in [5.41, 5.74) is 0.562. The zero-order chi connectivity index (χ0) is 19.8. The zero-order valence-electron chi connectivity index (χ0n) is 14.8. The Labute approximate surface area is 155 Å². The van der Waals surface area contributed by atoms with Gasteiger partial charge in [-0.15, -0.1) is 0 Å². The van der Waals surface area contributed by atoms with Crippen LogP contribution < -0.4 is 14.8 Å². The molecule has 0 radical (unpaired) electrons. The van der Waals surface area contributed by atoms with Crippen molar-refractivity contribution in [3.63, 3.8) is 0 Å². The van der Waals surface area contributed by atoms with E-state index in [1.165, 1.54) is 31.2 Å². The molecule has 1 N–H and O–H groups in total. The molecule has 27 heavy (non-hydrogen) atoms. The van der Waals surface area contributed by atoms with Gasteiger partial charge in [-0.3, -0.25) is 4.79 Å². The van der Waals surface area contributed by atoms with E-state index in [1.54, 1.807) is 24.3 Å². The molecular weight excluding hydrogens is 360 g/mol. The van der Waals surface area contributed by atoms with Crippen molar-refractivity contribution >= 4 is 17.6 Å². The Morgan fingerprint density at radius 1 is 1.07 bits per heavy atom. The molecule has 8 heteroatoms. The number of alkyl halides is 2. The summed E-state index contributed by atoms with van der Waals surface area (Å²) in [7, 11) is 0. The number of carbonyl (C=O) groups is 2. The van der Waals surface area contributed by atoms with Gasteiger partial charge >= 0.3 is 12.6 Å². The number of benzene rings is 2. The van der Waals surface area contributed by atoms with Gasteiger partial charge in [0.05, 0.1) is 17.9 Å². The van der Waals surface area contributed by atoms with Crippen LogP contribution in [0.3, 0.4) is 0 Å². The van der Waals surface area contributed by atoms with Gasteiger partial charge in [-0.2, -0.15) is 8.78 Å². The molecule has 0 unspecified atom stereocenters. The number of carbonyl (C=O) groups excluding carboxylic acids is 2. The van der Waals surface area contributed by atoms with E-state index >= 15 is 0 Å². The molecule has 1 atom stereocenters. The first-order chi connectivity index (χ1) is 12.9. The lowest BCUT2D eigenvalue weighted by Crippen LogP contribution is -2.30. The second-order valence-electron chi connectivity index (χ2n) is 5.37. The second-order valence-corrected chi connectivity index (χ2v) is 5.37. The Morgan fingerprint density at radius 2 is 1.74 bits per heavy atom. The number of anilines is 1. The van der Waals surface area contributed by atoms with Gasteiger partial charge in [0, 0.05) is 0 Å². The van der Waals surface area contributed by atoms with E-state index in [1.807, 2.05) is 6.92 Å². The number of nitrogens with one attached hydrogen (secondary N) is 1. The Kier molecular flexibility index (Phi) is 7.10. The van der Waals surface area contributed by atoms with Crippen LogP contribution in [0.4, 0.5) is 14.5 Å². The van der Waals surface area contributed by atoms with Crippen LogP contribution in [0.1, 0.15) is 24.2 Å². The summed E-state index contributed by atoms with van der Waals surface area (Å²) in [4.78, 5) is 24.4. The minimum atomic E-state index is -2.95. The van der Waals surface area contributed by atoms with Gasteiger partial charge in [0.1, 0.15) is 11.5 Å². The Hall–Kier alpha value is -3.16. The summed E-state index contributed by atoms with van der Waals surface area (Å²) >= 11 is 0. The molecule has 0 bridgehead atoms. The Morgan fingerprint density at radius 3 is 2.37 bits per heavy atom. The largest absolute Gasteiger partial charge is 0.492 e. The van der Waals surface area contributed by atoms with Crippen molar-refractivity contribution in [3.05, 3.63) is 54.1 Å². The number of hydrogen-bond acceptors (Lipinski definition) is 5. The van der Waals surface area contributed by atoms with Gasteiger partial charge in [0.2, 0.25) is 0 Å². The summed E-state index contributed by atoms with van der Waals surface area (Å²) in [6.07, 6.45) is -1.08. The first-order valence-electron chi connectivity index (χ1n) is 8.19. The topological polar surface area (TPSA) is 73.9 Å². The number of esters is 1. The van der Waals surface area contributed by atoms with Gasteiger partial charge in [0.15, 0.2) is 6.10 Å². The van der Waals surface area contributed by atoms with Crippen LogP contribution in [-0.2, 0) is 9.53 Å². The summed E-state index contributed by atoms with van der Waals surface area (Å²) in [5, 5.41) is 2.64. The predicted octanol–water partition coefficient (Wildman–Crippen LogP) is 3.87. The average molecular weight is 379 g/mol. The summed E-state index contributed by atoms with van der Waals surface area (Å²) < 4.78 is 39.0. The Balaban J connectivity index is 1.96. The van der Waals surface area contributed by atoms with E-state index in [4.69, 9.17) is 9.47 Å². The molecule has 1 amide bonds. The van der Waals surface area contributed by atoms with Crippen molar-refractivity contribution in [1.29, 1.82) is 0 Å². The first-order valence-corrected chi connectivity index (χ1v) is 8.19. The highest BCUT2D eigenvalue weighted by molar-refractivity contribution is 5.98. The maximum atomic E-state index is 12.3. The zero-order valence-corrected chi connectivity index (χ0v) is 14.8. The van der Waals surface area contributed by atoms with Crippen molar-refractivity contribution in [2.24, 2.45) is 0 Å². The van der Waals surface area contributed by atoms with Crippen molar-refractivity contribution in [2.75, 3.05) is 11.9 Å². The first kappa shape index (κ1) is 20.2. The SMILES string of the molecule is CCOc1ccccc1NC(=O)[C@@H](C)OC(=O)c1ccc(OC(F)F)cc1. The van der Waals surface area contributed by atoms with Crippen LogP contribution in [0.5, 0.6) is 11.5 Å². The number of hydrogen-bond donors (Lipinski definition) is 1. The highest BCUT2D eigenvalue weighted by Crippen LogP contribution is 2.24. The minimum Gasteiger partial charge on any atom is -0.492 e. The number of ether oxygens (including phenoxy) is 3. The van der Waals surface area contributed by atoms with Crippen molar-refractivity contribution < 1.29 is 32.6 Å². The van der Waals surface area contributed by atoms with Gasteiger partial charge in [0.25, 0.3) is 5.91 Å². The van der Waals surface area contributed by atoms with Crippen LogP contribution in [0.25, 0.3) is 0 Å². The number of halogens is 2. The van der Waals surface area contributed by atoms with E-state index in [0.717, 1.165) is 0 Å². The molecule has 0 saturated heterocycles. The molecule has 2 aromatic rings. The number of rotatable bonds is 8. The molecule has 0 aromatic heterocycles. The third-order valence-corrected chi connectivity index (χ3v) is 3.41. The fourth-order valence-electron chi connectivity index (χ4n) is 2.14. The van der Waals surface area contributed by atoms with E-state index in [9.17, 15) is 18.4 Å². The molecule has 2 rings (SSSR count). The molecule has 0 spiro atoms. The molecule has 6 nitrogen and oxygen atoms in total. The Bertz CT molecular complexity index is 780. The minimum absolute atomic E-state index is 0.0835. The smallest absolute Gasteiger partial charge is 0.387 e. The molecule has 0 aliphatic heterocycles. The van der Waals surface area contributed by atoms with Gasteiger partial charge in [-0.25, -0.2) is 4.79 Å². The molecule has 0 saturated carbocycles. The third-order valence-electron chi connectivity index (χ3n) is 3.41. The molecule has 0 aliphatic carbocycles. The standard InChI is InChI=1S/C19H19F2NO5/c1-3-25-16-7-5-4-6-15(16)22-17(23)12(2)26-18(24)13-8-10-14(11-9-13)27-19(20)21/h4-12,19H,3H2,1-2H3,(H,22,23)/t12-/m1/s1. The van der Waals surface area contributed by atoms with Crippen LogP contribution in [-0.4, -0.2) is 31.2 Å². The van der Waals surface area contributed by atoms with Crippen LogP contribution in [0, 0.1) is 0 Å².